The van der Waals surface area contributed by atoms with Crippen LogP contribution >= 0.6 is 0 Å². The third-order valence-electron chi connectivity index (χ3n) is 9.26. The Morgan fingerprint density at radius 3 is 0.783 bits per heavy atom. The molecule has 1 saturated heterocycles. The predicted molar refractivity (Wildman–Crippen MR) is 205 cm³/mol. The molecular weight excluding hydrogens is 623 g/mol. The van der Waals surface area contributed by atoms with Gasteiger partial charge in [0.05, 0.1) is 0 Å². The quantitative estimate of drug-likeness (QED) is 0.252. The highest BCUT2D eigenvalue weighted by molar-refractivity contribution is 7.29. The van der Waals surface area contributed by atoms with Crippen LogP contribution in [0.2, 0.25) is 19.6 Å². The topological polar surface area (TPSA) is 27.3 Å². The number of nitrogens with one attached hydrogen (secondary N) is 2. The number of rotatable bonds is 7. The van der Waals surface area contributed by atoms with E-state index in [4.69, 9.17) is 9.30 Å². The Bertz CT molecular complexity index is 1660. The molecule has 0 saturated carbocycles. The molecule has 3 nitrogen and oxygen atoms in total. The molecule has 1 aliphatic rings. The lowest BCUT2D eigenvalue weighted by atomic mass is 10.4. The van der Waals surface area contributed by atoms with Crippen molar-refractivity contribution in [1.82, 2.24) is 13.2 Å². The van der Waals surface area contributed by atoms with Gasteiger partial charge in [-0.25, -0.2) is 0 Å². The molecule has 0 spiro atoms. The first kappa shape index (κ1) is 30.7. The van der Waals surface area contributed by atoms with Gasteiger partial charge in [-0.3, -0.25) is 0 Å². The highest BCUT2D eigenvalue weighted by atomic mass is 28.5. The molecule has 1 heterocycles. The van der Waals surface area contributed by atoms with Crippen molar-refractivity contribution in [3.63, 3.8) is 0 Å². The standard InChI is InChI=1S/C39H41N3Si4/c1-43(2,3)42-45(36-26-14-6-15-27-36,37-28-16-7-17-29-37)40-44(34-22-10-4-11-23-34,35-24-12-5-13-25-35)41-46(42,38-30-18-8-19-31-38)39-32-20-9-21-33-39/h4-33,40-41H,1-3H3. The van der Waals surface area contributed by atoms with Gasteiger partial charge in [0.15, 0.2) is 0 Å². The molecule has 228 valence electrons. The minimum Gasteiger partial charge on any atom is -0.330 e. The Morgan fingerprint density at radius 1 is 0.348 bits per heavy atom. The Hall–Kier alpha value is -3.93. The molecule has 0 bridgehead atoms. The fraction of sp³-hybridized carbons (Fsp3) is 0.0769. The molecule has 46 heavy (non-hydrogen) atoms. The predicted octanol–water partition coefficient (Wildman–Crippen LogP) is 4.09. The van der Waals surface area contributed by atoms with E-state index in [-0.39, 0.29) is 0 Å². The van der Waals surface area contributed by atoms with Crippen LogP contribution < -0.4 is 40.4 Å². The summed E-state index contributed by atoms with van der Waals surface area (Å²) in [5, 5.41) is 8.30. The number of benzene rings is 6. The molecule has 0 amide bonds. The first-order valence-electron chi connectivity index (χ1n) is 16.1. The summed E-state index contributed by atoms with van der Waals surface area (Å²) in [5.74, 6) is 0. The van der Waals surface area contributed by atoms with E-state index in [0.717, 1.165) is 0 Å². The van der Waals surface area contributed by atoms with E-state index in [9.17, 15) is 0 Å². The molecular formula is C39H41N3Si4. The monoisotopic (exact) mass is 663 g/mol. The second-order valence-electron chi connectivity index (χ2n) is 13.1. The molecule has 0 aromatic heterocycles. The first-order valence-corrected chi connectivity index (χ1v) is 25.5. The van der Waals surface area contributed by atoms with Gasteiger partial charge in [0, 0.05) is 0 Å². The van der Waals surface area contributed by atoms with Crippen LogP contribution in [0.4, 0.5) is 0 Å². The smallest absolute Gasteiger partial charge is 0.257 e. The minimum absolute atomic E-state index is 1.35. The Kier molecular flexibility index (Phi) is 8.24. The van der Waals surface area contributed by atoms with Gasteiger partial charge in [-0.2, -0.15) is 0 Å². The lowest BCUT2D eigenvalue weighted by Gasteiger charge is -2.66. The molecule has 0 aliphatic carbocycles. The zero-order valence-corrected chi connectivity index (χ0v) is 30.8. The maximum atomic E-state index is 4.76. The van der Waals surface area contributed by atoms with Crippen LogP contribution in [-0.2, 0) is 0 Å². The summed E-state index contributed by atoms with van der Waals surface area (Å²) in [7, 11) is -11.1. The molecule has 7 rings (SSSR count). The minimum atomic E-state index is -3.00. The largest absolute Gasteiger partial charge is 0.330 e. The van der Waals surface area contributed by atoms with E-state index in [1.807, 2.05) is 0 Å². The molecule has 0 unspecified atom stereocenters. The fourth-order valence-electron chi connectivity index (χ4n) is 7.63. The third-order valence-corrected chi connectivity index (χ3v) is 33.0. The zero-order chi connectivity index (χ0) is 31.7. The van der Waals surface area contributed by atoms with Crippen molar-refractivity contribution < 1.29 is 0 Å². The molecule has 6 aromatic carbocycles. The summed E-state index contributed by atoms with van der Waals surface area (Å²) in [6, 6.07) is 68.3. The molecule has 7 heteroatoms. The Labute approximate surface area is 278 Å². The van der Waals surface area contributed by atoms with Gasteiger partial charge in [0.2, 0.25) is 0 Å². The van der Waals surface area contributed by atoms with Crippen molar-refractivity contribution in [2.75, 3.05) is 0 Å². The van der Waals surface area contributed by atoms with E-state index in [0.29, 0.717) is 0 Å². The van der Waals surface area contributed by atoms with Gasteiger partial charge in [-0.15, -0.1) is 0 Å². The maximum Gasteiger partial charge on any atom is 0.257 e. The van der Waals surface area contributed by atoms with Crippen molar-refractivity contribution in [3.05, 3.63) is 182 Å². The van der Waals surface area contributed by atoms with Gasteiger partial charge in [0.1, 0.15) is 8.24 Å². The SMILES string of the molecule is C[Si](C)(C)N1[Si](c2ccccc2)(c2ccccc2)N[Si](c2ccccc2)(c2ccccc2)N[Si]1(c1ccccc1)c1ccccc1. The van der Waals surface area contributed by atoms with Crippen molar-refractivity contribution in [3.8, 4) is 0 Å². The van der Waals surface area contributed by atoms with Crippen LogP contribution in [-0.4, -0.2) is 37.3 Å². The zero-order valence-electron chi connectivity index (χ0n) is 26.8. The van der Waals surface area contributed by atoms with E-state index in [2.05, 4.69) is 206 Å². The molecule has 1 fully saturated rings. The number of nitrogens with zero attached hydrogens (tertiary/aromatic N) is 1. The average molecular weight is 664 g/mol. The Morgan fingerprint density at radius 2 is 0.565 bits per heavy atom. The highest BCUT2D eigenvalue weighted by Gasteiger charge is 2.68. The molecule has 1 aliphatic heterocycles. The van der Waals surface area contributed by atoms with Crippen molar-refractivity contribution in [2.24, 2.45) is 0 Å². The maximum absolute atomic E-state index is 4.76. The van der Waals surface area contributed by atoms with Crippen LogP contribution in [0.3, 0.4) is 0 Å². The first-order chi connectivity index (χ1) is 22.4. The molecule has 0 atom stereocenters. The lowest BCUT2D eigenvalue weighted by molar-refractivity contribution is 0.853. The van der Waals surface area contributed by atoms with E-state index in [1.54, 1.807) is 0 Å². The van der Waals surface area contributed by atoms with Crippen LogP contribution in [0.15, 0.2) is 182 Å². The normalized spacial score (nSPS) is 17.3. The summed E-state index contributed by atoms with van der Waals surface area (Å²) in [6.45, 7) is 7.66. The second kappa shape index (κ2) is 12.3. The third kappa shape index (κ3) is 5.05. The fourth-order valence-corrected chi connectivity index (χ4v) is 39.6. The van der Waals surface area contributed by atoms with Crippen LogP contribution in [0.5, 0.6) is 0 Å². The number of hydrogen-bond acceptors (Lipinski definition) is 3. The van der Waals surface area contributed by atoms with Gasteiger partial charge in [-0.1, -0.05) is 202 Å². The second-order valence-corrected chi connectivity index (χ2v) is 30.0. The van der Waals surface area contributed by atoms with Crippen LogP contribution in [0.1, 0.15) is 0 Å². The van der Waals surface area contributed by atoms with E-state index >= 15 is 0 Å². The molecule has 6 aromatic rings. The van der Waals surface area contributed by atoms with Crippen LogP contribution in [0, 0.1) is 0 Å². The summed E-state index contributed by atoms with van der Waals surface area (Å²) >= 11 is 0. The van der Waals surface area contributed by atoms with Crippen molar-refractivity contribution >= 4 is 64.5 Å². The summed E-state index contributed by atoms with van der Waals surface area (Å²) < 4.78 is 12.6. The summed E-state index contributed by atoms with van der Waals surface area (Å²) in [4.78, 5) is 0. The lowest BCUT2D eigenvalue weighted by Crippen LogP contribution is -3.07. The van der Waals surface area contributed by atoms with Gasteiger partial charge in [-0.05, 0) is 31.1 Å². The summed E-state index contributed by atoms with van der Waals surface area (Å²) in [6.07, 6.45) is 0. The highest BCUT2D eigenvalue weighted by Crippen LogP contribution is 2.31. The van der Waals surface area contributed by atoms with Gasteiger partial charge < -0.3 is 13.2 Å². The van der Waals surface area contributed by atoms with Crippen molar-refractivity contribution in [2.45, 2.75) is 19.6 Å². The number of hydrogen-bond donors (Lipinski definition) is 2. The van der Waals surface area contributed by atoms with E-state index in [1.165, 1.54) is 31.1 Å². The van der Waals surface area contributed by atoms with Crippen LogP contribution in [0.25, 0.3) is 0 Å². The van der Waals surface area contributed by atoms with E-state index < -0.39 is 33.4 Å². The molecule has 0 radical (unpaired) electrons. The van der Waals surface area contributed by atoms with Gasteiger partial charge in [0.25, 0.3) is 25.2 Å². The average Bonchev–Trinajstić information content (AvgIpc) is 3.12. The van der Waals surface area contributed by atoms with Gasteiger partial charge >= 0.3 is 0 Å². The summed E-state index contributed by atoms with van der Waals surface area (Å²) in [5.41, 5.74) is 0. The Balaban J connectivity index is 1.74. The van der Waals surface area contributed by atoms with Crippen molar-refractivity contribution in [1.29, 1.82) is 0 Å². The molecule has 2 N–H and O–H groups in total.